The molecule has 0 aromatic carbocycles. The Morgan fingerprint density at radius 2 is 1.94 bits per heavy atom. The molecule has 0 bridgehead atoms. The van der Waals surface area contributed by atoms with Gasteiger partial charge in [0.25, 0.3) is 0 Å². The van der Waals surface area contributed by atoms with E-state index in [1.54, 1.807) is 0 Å². The van der Waals surface area contributed by atoms with E-state index >= 15 is 0 Å². The summed E-state index contributed by atoms with van der Waals surface area (Å²) < 4.78 is 4.37. The summed E-state index contributed by atoms with van der Waals surface area (Å²) in [4.78, 5) is 35.0. The molecule has 0 radical (unpaired) electrons. The highest BCUT2D eigenvalue weighted by Crippen LogP contribution is 2.08. The third kappa shape index (κ3) is 3.93. The van der Waals surface area contributed by atoms with Crippen LogP contribution in [0.25, 0.3) is 0 Å². The van der Waals surface area contributed by atoms with Gasteiger partial charge in [-0.1, -0.05) is 0 Å². The van der Waals surface area contributed by atoms with E-state index in [0.717, 1.165) is 12.8 Å². The zero-order chi connectivity index (χ0) is 12.8. The molecule has 0 aromatic rings. The summed E-state index contributed by atoms with van der Waals surface area (Å²) in [5.74, 6) is -1.91. The molecule has 17 heavy (non-hydrogen) atoms. The number of hydrogen-bond donors (Lipinski definition) is 2. The number of methoxy groups -OCH3 is 1. The van der Waals surface area contributed by atoms with Crippen LogP contribution < -0.4 is 5.32 Å². The maximum atomic E-state index is 11.6. The van der Waals surface area contributed by atoms with Crippen molar-refractivity contribution < 1.29 is 24.2 Å². The van der Waals surface area contributed by atoms with Crippen LogP contribution in [0.2, 0.25) is 0 Å². The van der Waals surface area contributed by atoms with Gasteiger partial charge < -0.3 is 20.1 Å². The van der Waals surface area contributed by atoms with Crippen molar-refractivity contribution in [3.63, 3.8) is 0 Å². The molecule has 96 valence electrons. The molecule has 0 aliphatic carbocycles. The molecule has 2 amide bonds. The van der Waals surface area contributed by atoms with Gasteiger partial charge in [-0.05, 0) is 12.8 Å². The number of carboxylic acid groups (broad SMARTS) is 1. The first kappa shape index (κ1) is 13.3. The van der Waals surface area contributed by atoms with Crippen LogP contribution >= 0.6 is 0 Å². The topological polar surface area (TPSA) is 95.9 Å². The van der Waals surface area contributed by atoms with Crippen molar-refractivity contribution >= 4 is 18.0 Å². The number of hydrogen-bond acceptors (Lipinski definition) is 4. The average molecular weight is 244 g/mol. The summed E-state index contributed by atoms with van der Waals surface area (Å²) >= 11 is 0. The predicted octanol–water partition coefficient (Wildman–Crippen LogP) is -0.192. The molecule has 1 saturated heterocycles. The molecular formula is C10H16N2O5. The second-order valence-electron chi connectivity index (χ2n) is 3.81. The molecule has 2 N–H and O–H groups in total. The Morgan fingerprint density at radius 3 is 2.41 bits per heavy atom. The highest BCUT2D eigenvalue weighted by molar-refractivity contribution is 5.86. The number of esters is 1. The number of likely N-dealkylation sites (tertiary alicyclic amines) is 1. The molecule has 0 unspecified atom stereocenters. The molecule has 7 heteroatoms. The van der Waals surface area contributed by atoms with Crippen molar-refractivity contribution in [1.82, 2.24) is 10.2 Å². The van der Waals surface area contributed by atoms with Gasteiger partial charge in [-0.15, -0.1) is 0 Å². The van der Waals surface area contributed by atoms with Crippen molar-refractivity contribution in [2.45, 2.75) is 25.3 Å². The fraction of sp³-hybridized carbons (Fsp3) is 0.700. The Morgan fingerprint density at radius 1 is 1.35 bits per heavy atom. The van der Waals surface area contributed by atoms with Crippen LogP contribution in [-0.4, -0.2) is 54.2 Å². The molecule has 0 aromatic heterocycles. The minimum atomic E-state index is -1.25. The van der Waals surface area contributed by atoms with Crippen LogP contribution in [0.4, 0.5) is 4.79 Å². The van der Waals surface area contributed by atoms with Gasteiger partial charge in [0.2, 0.25) is 0 Å². The summed E-state index contributed by atoms with van der Waals surface area (Å²) in [5.41, 5.74) is 0. The van der Waals surface area contributed by atoms with Crippen LogP contribution in [0.15, 0.2) is 0 Å². The fourth-order valence-corrected chi connectivity index (χ4v) is 1.61. The monoisotopic (exact) mass is 244 g/mol. The van der Waals surface area contributed by atoms with Gasteiger partial charge in [0.1, 0.15) is 6.04 Å². The Hall–Kier alpha value is -1.79. The third-order valence-electron chi connectivity index (χ3n) is 2.59. The van der Waals surface area contributed by atoms with E-state index < -0.39 is 24.0 Å². The molecule has 1 aliphatic heterocycles. The standard InChI is InChI=1S/C10H16N2O5/c1-17-8(13)6-7(9(14)15)11-10(16)12-4-2-3-5-12/h7H,2-6H2,1H3,(H,11,16)(H,14,15)/t7-/m0/s1. The molecule has 1 atom stereocenters. The van der Waals surface area contributed by atoms with E-state index in [9.17, 15) is 14.4 Å². The van der Waals surface area contributed by atoms with Crippen LogP contribution in [-0.2, 0) is 14.3 Å². The van der Waals surface area contributed by atoms with Gasteiger partial charge in [0.05, 0.1) is 13.5 Å². The number of carbonyl (C=O) groups is 3. The van der Waals surface area contributed by atoms with Gasteiger partial charge in [-0.25, -0.2) is 9.59 Å². The normalized spacial score (nSPS) is 16.4. The summed E-state index contributed by atoms with van der Waals surface area (Å²) in [5, 5.41) is 11.2. The lowest BCUT2D eigenvalue weighted by Gasteiger charge is -2.19. The summed E-state index contributed by atoms with van der Waals surface area (Å²) in [7, 11) is 1.17. The lowest BCUT2D eigenvalue weighted by Crippen LogP contribution is -2.48. The maximum absolute atomic E-state index is 11.6. The second-order valence-corrected chi connectivity index (χ2v) is 3.81. The van der Waals surface area contributed by atoms with Crippen LogP contribution in [0.3, 0.4) is 0 Å². The van der Waals surface area contributed by atoms with Crippen LogP contribution in [0.5, 0.6) is 0 Å². The smallest absolute Gasteiger partial charge is 0.326 e. The minimum Gasteiger partial charge on any atom is -0.480 e. The first-order valence-electron chi connectivity index (χ1n) is 5.39. The quantitative estimate of drug-likeness (QED) is 0.668. The van der Waals surface area contributed by atoms with E-state index in [0.29, 0.717) is 13.1 Å². The van der Waals surface area contributed by atoms with Gasteiger partial charge in [0, 0.05) is 13.1 Å². The number of amides is 2. The van der Waals surface area contributed by atoms with E-state index in [1.807, 2.05) is 0 Å². The maximum Gasteiger partial charge on any atom is 0.326 e. The average Bonchev–Trinajstić information content (AvgIpc) is 2.81. The molecule has 1 aliphatic rings. The van der Waals surface area contributed by atoms with E-state index in [-0.39, 0.29) is 6.42 Å². The second kappa shape index (κ2) is 6.07. The van der Waals surface area contributed by atoms with Gasteiger partial charge in [-0.2, -0.15) is 0 Å². The molecule has 1 rings (SSSR count). The number of carbonyl (C=O) groups excluding carboxylic acids is 2. The number of rotatable bonds is 4. The summed E-state index contributed by atoms with van der Waals surface area (Å²) in [6.45, 7) is 1.24. The zero-order valence-corrected chi connectivity index (χ0v) is 9.64. The van der Waals surface area contributed by atoms with Crippen LogP contribution in [0.1, 0.15) is 19.3 Å². The fourth-order valence-electron chi connectivity index (χ4n) is 1.61. The van der Waals surface area contributed by atoms with Crippen molar-refractivity contribution in [1.29, 1.82) is 0 Å². The zero-order valence-electron chi connectivity index (χ0n) is 9.64. The van der Waals surface area contributed by atoms with E-state index in [1.165, 1.54) is 12.0 Å². The highest BCUT2D eigenvalue weighted by atomic mass is 16.5. The van der Waals surface area contributed by atoms with Crippen molar-refractivity contribution in [2.75, 3.05) is 20.2 Å². The lowest BCUT2D eigenvalue weighted by molar-refractivity contribution is -0.147. The number of aliphatic carboxylic acids is 1. The summed E-state index contributed by atoms with van der Waals surface area (Å²) in [6.07, 6.45) is 1.47. The molecule has 7 nitrogen and oxygen atoms in total. The van der Waals surface area contributed by atoms with E-state index in [4.69, 9.17) is 5.11 Å². The summed E-state index contributed by atoms with van der Waals surface area (Å²) in [6, 6.07) is -1.69. The Balaban J connectivity index is 2.50. The molecule has 1 heterocycles. The molecule has 1 fully saturated rings. The van der Waals surface area contributed by atoms with Gasteiger partial charge in [-0.3, -0.25) is 4.79 Å². The predicted molar refractivity (Wildman–Crippen MR) is 57.4 cm³/mol. The number of nitrogens with one attached hydrogen (secondary N) is 1. The van der Waals surface area contributed by atoms with Gasteiger partial charge in [0.15, 0.2) is 0 Å². The number of carboxylic acids is 1. The van der Waals surface area contributed by atoms with Crippen molar-refractivity contribution in [3.05, 3.63) is 0 Å². The van der Waals surface area contributed by atoms with Crippen molar-refractivity contribution in [3.8, 4) is 0 Å². The minimum absolute atomic E-state index is 0.370. The number of ether oxygens (including phenoxy) is 1. The number of urea groups is 1. The molecule has 0 spiro atoms. The molecular weight excluding hydrogens is 228 g/mol. The largest absolute Gasteiger partial charge is 0.480 e. The Kier molecular flexibility index (Phi) is 4.74. The van der Waals surface area contributed by atoms with Crippen molar-refractivity contribution in [2.24, 2.45) is 0 Å². The SMILES string of the molecule is COC(=O)C[C@H](NC(=O)N1CCCC1)C(=O)O. The van der Waals surface area contributed by atoms with E-state index in [2.05, 4.69) is 10.1 Å². The van der Waals surface area contributed by atoms with Crippen LogP contribution in [0, 0.1) is 0 Å². The highest BCUT2D eigenvalue weighted by Gasteiger charge is 2.27. The Bertz CT molecular complexity index is 312. The Labute approximate surface area is 98.7 Å². The first-order valence-corrected chi connectivity index (χ1v) is 5.39. The van der Waals surface area contributed by atoms with Gasteiger partial charge >= 0.3 is 18.0 Å². The number of nitrogens with zero attached hydrogens (tertiary/aromatic N) is 1. The third-order valence-corrected chi connectivity index (χ3v) is 2.59. The lowest BCUT2D eigenvalue weighted by atomic mass is 10.2. The molecule has 0 saturated carbocycles. The first-order chi connectivity index (χ1) is 8.04.